The van der Waals surface area contributed by atoms with Crippen LogP contribution in [0.2, 0.25) is 0 Å². The van der Waals surface area contributed by atoms with Crippen molar-refractivity contribution in [2.45, 2.75) is 77.6 Å². The molecule has 0 fully saturated rings. The van der Waals surface area contributed by atoms with Crippen molar-refractivity contribution in [2.75, 3.05) is 0 Å². The largest absolute Gasteiger partial charge is 0.115 e. The van der Waals surface area contributed by atoms with E-state index in [4.69, 9.17) is 6.42 Å². The predicted octanol–water partition coefficient (Wildman–Crippen LogP) is 7.28. The molecule has 2 aromatic carbocycles. The summed E-state index contributed by atoms with van der Waals surface area (Å²) in [7, 11) is 0. The minimum absolute atomic E-state index is 1.01. The maximum atomic E-state index is 5.62. The highest BCUT2D eigenvalue weighted by molar-refractivity contribution is 5.90. The van der Waals surface area contributed by atoms with E-state index < -0.39 is 0 Å². The first-order valence-corrected chi connectivity index (χ1v) is 9.84. The van der Waals surface area contributed by atoms with Gasteiger partial charge >= 0.3 is 0 Å². The van der Waals surface area contributed by atoms with Crippen LogP contribution in [-0.4, -0.2) is 0 Å². The molecular formula is C24H32. The summed E-state index contributed by atoms with van der Waals surface area (Å²) < 4.78 is 0. The average molecular weight is 321 g/mol. The van der Waals surface area contributed by atoms with E-state index in [1.54, 1.807) is 0 Å². The first kappa shape index (κ1) is 18.6. The van der Waals surface area contributed by atoms with E-state index in [-0.39, 0.29) is 0 Å². The van der Waals surface area contributed by atoms with Crippen LogP contribution in [0.4, 0.5) is 0 Å². The number of terminal acetylenes is 1. The summed E-state index contributed by atoms with van der Waals surface area (Å²) in [4.78, 5) is 0. The summed E-state index contributed by atoms with van der Waals surface area (Å²) in [6.45, 7) is 2.28. The average Bonchev–Trinajstić information content (AvgIpc) is 2.63. The highest BCUT2D eigenvalue weighted by atomic mass is 14.1. The molecule has 0 aliphatic rings. The van der Waals surface area contributed by atoms with E-state index in [2.05, 4.69) is 49.2 Å². The van der Waals surface area contributed by atoms with Crippen LogP contribution in [0.15, 0.2) is 36.4 Å². The summed E-state index contributed by atoms with van der Waals surface area (Å²) in [5.74, 6) is 2.81. The topological polar surface area (TPSA) is 0 Å². The fourth-order valence-corrected chi connectivity index (χ4v) is 3.51. The summed E-state index contributed by atoms with van der Waals surface area (Å²) in [5.41, 5.74) is 2.46. The number of hydrogen-bond acceptors (Lipinski definition) is 0. The van der Waals surface area contributed by atoms with Gasteiger partial charge in [0.25, 0.3) is 0 Å². The van der Waals surface area contributed by atoms with Crippen LogP contribution in [0.1, 0.15) is 82.3 Å². The first-order valence-electron chi connectivity index (χ1n) is 9.84. The Hall–Kier alpha value is -1.74. The lowest BCUT2D eigenvalue weighted by Gasteiger charge is -2.08. The maximum absolute atomic E-state index is 5.62. The molecule has 0 unspecified atom stereocenters. The summed E-state index contributed by atoms with van der Waals surface area (Å²) in [6, 6.07) is 12.9. The summed E-state index contributed by atoms with van der Waals surface area (Å²) in [6.07, 6.45) is 20.7. The quantitative estimate of drug-likeness (QED) is 0.301. The summed E-state index contributed by atoms with van der Waals surface area (Å²) in [5, 5.41) is 2.56. The van der Waals surface area contributed by atoms with E-state index in [0.717, 1.165) is 5.56 Å². The SMILES string of the molecule is C#Cc1ccc(CCCCCCCCCCCC)c2ccccc12. The van der Waals surface area contributed by atoms with Crippen molar-refractivity contribution in [1.29, 1.82) is 0 Å². The number of fused-ring (bicyclic) bond motifs is 1. The molecule has 0 atom stereocenters. The highest BCUT2D eigenvalue weighted by Gasteiger charge is 2.04. The van der Waals surface area contributed by atoms with Crippen LogP contribution in [0.5, 0.6) is 0 Å². The van der Waals surface area contributed by atoms with Gasteiger partial charge in [-0.05, 0) is 35.2 Å². The van der Waals surface area contributed by atoms with E-state index in [1.165, 1.54) is 87.0 Å². The zero-order valence-corrected chi connectivity index (χ0v) is 15.3. The third-order valence-corrected chi connectivity index (χ3v) is 4.97. The molecule has 0 saturated carbocycles. The van der Waals surface area contributed by atoms with Crippen molar-refractivity contribution in [3.63, 3.8) is 0 Å². The Morgan fingerprint density at radius 1 is 0.708 bits per heavy atom. The van der Waals surface area contributed by atoms with Gasteiger partial charge in [0, 0.05) is 5.56 Å². The van der Waals surface area contributed by atoms with Gasteiger partial charge in [0.15, 0.2) is 0 Å². The fourth-order valence-electron chi connectivity index (χ4n) is 3.51. The van der Waals surface area contributed by atoms with Crippen molar-refractivity contribution >= 4 is 10.8 Å². The second kappa shape index (κ2) is 10.9. The van der Waals surface area contributed by atoms with Gasteiger partial charge in [0.05, 0.1) is 0 Å². The molecular weight excluding hydrogens is 288 g/mol. The van der Waals surface area contributed by atoms with Crippen LogP contribution >= 0.6 is 0 Å². The molecule has 24 heavy (non-hydrogen) atoms. The third-order valence-electron chi connectivity index (χ3n) is 4.97. The molecule has 2 rings (SSSR count). The minimum atomic E-state index is 1.01. The van der Waals surface area contributed by atoms with Crippen molar-refractivity contribution in [2.24, 2.45) is 0 Å². The number of unbranched alkanes of at least 4 members (excludes halogenated alkanes) is 9. The van der Waals surface area contributed by atoms with Gasteiger partial charge in [-0.15, -0.1) is 6.42 Å². The minimum Gasteiger partial charge on any atom is -0.115 e. The number of hydrogen-bond donors (Lipinski definition) is 0. The molecule has 0 aliphatic heterocycles. The predicted molar refractivity (Wildman–Crippen MR) is 107 cm³/mol. The number of rotatable bonds is 11. The Balaban J connectivity index is 1.70. The standard InChI is InChI=1S/C24H32/c1-3-5-6-7-8-9-10-11-12-13-16-22-20-19-21(4-2)23-17-14-15-18-24(22)23/h2,14-15,17-20H,3,5-13,16H2,1H3. The van der Waals surface area contributed by atoms with Crippen molar-refractivity contribution in [1.82, 2.24) is 0 Å². The maximum Gasteiger partial charge on any atom is 0.0321 e. The van der Waals surface area contributed by atoms with Gasteiger partial charge in [0.2, 0.25) is 0 Å². The van der Waals surface area contributed by atoms with Crippen LogP contribution in [0, 0.1) is 12.3 Å². The van der Waals surface area contributed by atoms with Crippen molar-refractivity contribution in [3.8, 4) is 12.3 Å². The zero-order chi connectivity index (χ0) is 17.0. The second-order valence-electron chi connectivity index (χ2n) is 6.89. The van der Waals surface area contributed by atoms with Gasteiger partial charge in [0.1, 0.15) is 0 Å². The van der Waals surface area contributed by atoms with E-state index >= 15 is 0 Å². The highest BCUT2D eigenvalue weighted by Crippen LogP contribution is 2.24. The number of aryl methyl sites for hydroxylation is 1. The molecule has 0 saturated heterocycles. The van der Waals surface area contributed by atoms with E-state index in [0.29, 0.717) is 0 Å². The molecule has 2 aromatic rings. The summed E-state index contributed by atoms with van der Waals surface area (Å²) >= 11 is 0. The molecule has 0 N–H and O–H groups in total. The van der Waals surface area contributed by atoms with Crippen molar-refractivity contribution < 1.29 is 0 Å². The molecule has 128 valence electrons. The van der Waals surface area contributed by atoms with E-state index in [1.807, 2.05) is 0 Å². The smallest absolute Gasteiger partial charge is 0.0321 e. The van der Waals surface area contributed by atoms with Gasteiger partial charge in [-0.1, -0.05) is 101 Å². The van der Waals surface area contributed by atoms with E-state index in [9.17, 15) is 0 Å². The Kier molecular flexibility index (Phi) is 8.47. The lowest BCUT2D eigenvalue weighted by atomic mass is 9.96. The van der Waals surface area contributed by atoms with Gasteiger partial charge < -0.3 is 0 Å². The molecule has 0 aliphatic carbocycles. The molecule has 0 aromatic heterocycles. The normalized spacial score (nSPS) is 10.8. The molecule has 0 heterocycles. The molecule has 0 bridgehead atoms. The Morgan fingerprint density at radius 3 is 1.92 bits per heavy atom. The molecule has 0 nitrogen and oxygen atoms in total. The first-order chi connectivity index (χ1) is 11.9. The van der Waals surface area contributed by atoms with Crippen molar-refractivity contribution in [3.05, 3.63) is 47.5 Å². The molecule has 0 radical (unpaired) electrons. The molecule has 0 heteroatoms. The van der Waals surface area contributed by atoms with Crippen LogP contribution in [0.3, 0.4) is 0 Å². The zero-order valence-electron chi connectivity index (χ0n) is 15.3. The van der Waals surface area contributed by atoms with Crippen LogP contribution < -0.4 is 0 Å². The van der Waals surface area contributed by atoms with Gasteiger partial charge in [-0.25, -0.2) is 0 Å². The van der Waals surface area contributed by atoms with Gasteiger partial charge in [-0.3, -0.25) is 0 Å². The molecule has 0 spiro atoms. The van der Waals surface area contributed by atoms with Crippen LogP contribution in [0.25, 0.3) is 10.8 Å². The van der Waals surface area contributed by atoms with Crippen LogP contribution in [-0.2, 0) is 6.42 Å². The lowest BCUT2D eigenvalue weighted by molar-refractivity contribution is 0.556. The molecule has 0 amide bonds. The fraction of sp³-hybridized carbons (Fsp3) is 0.500. The number of benzene rings is 2. The second-order valence-corrected chi connectivity index (χ2v) is 6.89. The van der Waals surface area contributed by atoms with Gasteiger partial charge in [-0.2, -0.15) is 0 Å². The Labute approximate surface area is 148 Å². The Morgan fingerprint density at radius 2 is 1.29 bits per heavy atom. The Bertz CT molecular complexity index is 645. The monoisotopic (exact) mass is 320 g/mol. The lowest BCUT2D eigenvalue weighted by Crippen LogP contribution is -1.90. The third kappa shape index (κ3) is 5.72.